The molecule has 0 radical (unpaired) electrons. The van der Waals surface area contributed by atoms with E-state index in [0.29, 0.717) is 11.0 Å². The van der Waals surface area contributed by atoms with Crippen molar-refractivity contribution < 1.29 is 22.8 Å². The molecule has 1 heterocycles. The highest BCUT2D eigenvalue weighted by atomic mass is 19.3. The fourth-order valence-corrected chi connectivity index (χ4v) is 2.22. The van der Waals surface area contributed by atoms with Crippen LogP contribution in [0.3, 0.4) is 0 Å². The highest BCUT2D eigenvalue weighted by molar-refractivity contribution is 6.55. The van der Waals surface area contributed by atoms with E-state index in [0.717, 1.165) is 0 Å². The molecule has 0 unspecified atom stereocenters. The molecule has 0 amide bonds. The summed E-state index contributed by atoms with van der Waals surface area (Å²) in [5.41, 5.74) is 5.99. The molecule has 23 heavy (non-hydrogen) atoms. The van der Waals surface area contributed by atoms with E-state index in [1.54, 1.807) is 24.3 Å². The molecule has 4 nitrogen and oxygen atoms in total. The predicted molar refractivity (Wildman–Crippen MR) is 86.2 cm³/mol. The topological polar surface area (TPSA) is 53.7 Å². The quantitative estimate of drug-likeness (QED) is 0.844. The van der Waals surface area contributed by atoms with Crippen LogP contribution in [0.2, 0.25) is 0 Å². The Labute approximate surface area is 135 Å². The normalized spacial score (nSPS) is 20.2. The van der Waals surface area contributed by atoms with Gasteiger partial charge in [0.25, 0.3) is 0 Å². The van der Waals surface area contributed by atoms with E-state index in [2.05, 4.69) is 4.74 Å². The summed E-state index contributed by atoms with van der Waals surface area (Å²) < 4.78 is 41.5. The fraction of sp³-hybridized carbons (Fsp3) is 0.500. The maximum Gasteiger partial charge on any atom is 0.491 e. The first-order chi connectivity index (χ1) is 10.7. The summed E-state index contributed by atoms with van der Waals surface area (Å²) in [6.07, 6.45) is 1.68. The Morgan fingerprint density at radius 1 is 1.22 bits per heavy atom. The minimum absolute atomic E-state index is 0.0879. The number of rotatable bonds is 5. The lowest BCUT2D eigenvalue weighted by Gasteiger charge is -2.32. The lowest BCUT2D eigenvalue weighted by atomic mass is 9.77. The molecule has 0 spiro atoms. The van der Waals surface area contributed by atoms with Gasteiger partial charge in [-0.25, -0.2) is 0 Å². The van der Waals surface area contributed by atoms with Crippen molar-refractivity contribution in [3.63, 3.8) is 0 Å². The molecule has 1 aromatic rings. The molecule has 0 aliphatic carbocycles. The average Bonchev–Trinajstić information content (AvgIpc) is 2.65. The Bertz CT molecular complexity index is 574. The molecule has 1 aromatic carbocycles. The lowest BCUT2D eigenvalue weighted by Crippen LogP contribution is -2.41. The van der Waals surface area contributed by atoms with Gasteiger partial charge < -0.3 is 19.8 Å². The van der Waals surface area contributed by atoms with Crippen molar-refractivity contribution in [1.82, 2.24) is 0 Å². The number of benzene rings is 1. The summed E-state index contributed by atoms with van der Waals surface area (Å²) in [6, 6.07) is 6.53. The zero-order valence-electron chi connectivity index (χ0n) is 13.8. The summed E-state index contributed by atoms with van der Waals surface area (Å²) in [4.78, 5) is 0. The average molecular weight is 325 g/mol. The molecule has 1 aliphatic rings. The number of para-hydroxylation sites is 1. The van der Waals surface area contributed by atoms with Gasteiger partial charge in [0.2, 0.25) is 0 Å². The molecule has 7 heteroatoms. The number of halogens is 2. The molecule has 0 atom stereocenters. The molecule has 1 fully saturated rings. The molecular formula is C16H22BF2NO3. The van der Waals surface area contributed by atoms with Gasteiger partial charge in [0.1, 0.15) is 5.75 Å². The molecule has 0 aromatic heterocycles. The van der Waals surface area contributed by atoms with Crippen LogP contribution in [0.1, 0.15) is 33.3 Å². The van der Waals surface area contributed by atoms with Crippen LogP contribution in [0.4, 0.5) is 8.78 Å². The van der Waals surface area contributed by atoms with Crippen LogP contribution in [0, 0.1) is 0 Å². The number of hydrogen-bond donors (Lipinski definition) is 1. The minimum Gasteiger partial charge on any atom is -0.434 e. The van der Waals surface area contributed by atoms with Gasteiger partial charge in [-0.1, -0.05) is 24.3 Å². The Morgan fingerprint density at radius 2 is 1.78 bits per heavy atom. The van der Waals surface area contributed by atoms with Crippen molar-refractivity contribution in [2.75, 3.05) is 6.54 Å². The highest BCUT2D eigenvalue weighted by Gasteiger charge is 2.52. The first-order valence-corrected chi connectivity index (χ1v) is 7.46. The maximum atomic E-state index is 12.5. The fourth-order valence-electron chi connectivity index (χ4n) is 2.22. The molecule has 0 saturated carbocycles. The van der Waals surface area contributed by atoms with E-state index >= 15 is 0 Å². The molecule has 1 saturated heterocycles. The largest absolute Gasteiger partial charge is 0.491 e. The SMILES string of the molecule is CC1(C)OB(C(=Cc2ccccc2OC(F)F)CN)OC1(C)C. The first kappa shape index (κ1) is 17.9. The molecule has 0 bridgehead atoms. The van der Waals surface area contributed by atoms with E-state index in [1.165, 1.54) is 6.07 Å². The van der Waals surface area contributed by atoms with Crippen LogP contribution < -0.4 is 10.5 Å². The van der Waals surface area contributed by atoms with Gasteiger partial charge in [0.15, 0.2) is 0 Å². The Hall–Kier alpha value is -1.44. The zero-order chi connectivity index (χ0) is 17.3. The Kier molecular flexibility index (Phi) is 5.13. The van der Waals surface area contributed by atoms with E-state index in [4.69, 9.17) is 15.0 Å². The first-order valence-electron chi connectivity index (χ1n) is 7.46. The third kappa shape index (κ3) is 3.91. The van der Waals surface area contributed by atoms with Gasteiger partial charge >= 0.3 is 13.7 Å². The van der Waals surface area contributed by atoms with E-state index in [-0.39, 0.29) is 12.3 Å². The zero-order valence-corrected chi connectivity index (χ0v) is 13.8. The minimum atomic E-state index is -2.89. The summed E-state index contributed by atoms with van der Waals surface area (Å²) in [7, 11) is -0.621. The van der Waals surface area contributed by atoms with Crippen molar-refractivity contribution >= 4 is 13.2 Å². The third-order valence-electron chi connectivity index (χ3n) is 4.27. The lowest BCUT2D eigenvalue weighted by molar-refractivity contribution is -0.0499. The second kappa shape index (κ2) is 6.59. The van der Waals surface area contributed by atoms with E-state index in [9.17, 15) is 8.78 Å². The molecule has 1 aliphatic heterocycles. The van der Waals surface area contributed by atoms with Gasteiger partial charge in [-0.3, -0.25) is 0 Å². The van der Waals surface area contributed by atoms with Gasteiger partial charge in [0.05, 0.1) is 11.2 Å². The molecular weight excluding hydrogens is 303 g/mol. The second-order valence-corrected chi connectivity index (χ2v) is 6.43. The van der Waals surface area contributed by atoms with E-state index in [1.807, 2.05) is 27.7 Å². The Balaban J connectivity index is 2.31. The van der Waals surface area contributed by atoms with Crippen LogP contribution in [0.5, 0.6) is 5.75 Å². The standard InChI is InChI=1S/C16H22BF2NO3/c1-15(2)16(3,4)23-17(22-15)12(10-20)9-11-7-5-6-8-13(11)21-14(18)19/h5-9,14H,10,20H2,1-4H3. The monoisotopic (exact) mass is 325 g/mol. The summed E-state index contributed by atoms with van der Waals surface area (Å²) in [5.74, 6) is 0.0879. The number of alkyl halides is 2. The van der Waals surface area contributed by atoms with Gasteiger partial charge in [-0.2, -0.15) is 8.78 Å². The van der Waals surface area contributed by atoms with Gasteiger partial charge in [-0.05, 0) is 39.2 Å². The van der Waals surface area contributed by atoms with Crippen LogP contribution in [0.15, 0.2) is 29.7 Å². The summed E-state index contributed by atoms with van der Waals surface area (Å²) in [5, 5.41) is 0. The van der Waals surface area contributed by atoms with Crippen molar-refractivity contribution in [2.45, 2.75) is 45.5 Å². The number of hydrogen-bond acceptors (Lipinski definition) is 4. The number of nitrogens with two attached hydrogens (primary N) is 1. The van der Waals surface area contributed by atoms with Crippen molar-refractivity contribution in [3.8, 4) is 5.75 Å². The maximum absolute atomic E-state index is 12.5. The van der Waals surface area contributed by atoms with Crippen molar-refractivity contribution in [2.24, 2.45) is 5.73 Å². The molecule has 2 rings (SSSR count). The molecule has 126 valence electrons. The summed E-state index contributed by atoms with van der Waals surface area (Å²) >= 11 is 0. The third-order valence-corrected chi connectivity index (χ3v) is 4.27. The van der Waals surface area contributed by atoms with Crippen LogP contribution in [-0.4, -0.2) is 31.5 Å². The number of ether oxygens (including phenoxy) is 1. The highest BCUT2D eigenvalue weighted by Crippen LogP contribution is 2.39. The van der Waals surface area contributed by atoms with Gasteiger partial charge in [-0.15, -0.1) is 0 Å². The van der Waals surface area contributed by atoms with E-state index < -0.39 is 24.9 Å². The smallest absolute Gasteiger partial charge is 0.434 e. The van der Waals surface area contributed by atoms with Crippen molar-refractivity contribution in [3.05, 3.63) is 35.3 Å². The Morgan fingerprint density at radius 3 is 2.30 bits per heavy atom. The second-order valence-electron chi connectivity index (χ2n) is 6.43. The summed E-state index contributed by atoms with van der Waals surface area (Å²) in [6.45, 7) is 5.05. The van der Waals surface area contributed by atoms with Crippen molar-refractivity contribution in [1.29, 1.82) is 0 Å². The molecule has 2 N–H and O–H groups in total. The predicted octanol–water partition coefficient (Wildman–Crippen LogP) is 3.26. The van der Waals surface area contributed by atoms with Crippen LogP contribution in [-0.2, 0) is 9.31 Å². The van der Waals surface area contributed by atoms with Crippen LogP contribution in [0.25, 0.3) is 6.08 Å². The van der Waals surface area contributed by atoms with Gasteiger partial charge in [0, 0.05) is 12.1 Å². The van der Waals surface area contributed by atoms with Crippen LogP contribution >= 0.6 is 0 Å².